The highest BCUT2D eigenvalue weighted by Crippen LogP contribution is 2.22. The zero-order valence-electron chi connectivity index (χ0n) is 10.3. The van der Waals surface area contributed by atoms with E-state index in [0.717, 1.165) is 24.0 Å². The number of fused-ring (bicyclic) bond motifs is 1. The van der Waals surface area contributed by atoms with Gasteiger partial charge in [0, 0.05) is 12.0 Å². The molecule has 1 saturated heterocycles. The Hall–Kier alpha value is -1.85. The van der Waals surface area contributed by atoms with Crippen molar-refractivity contribution in [3.8, 4) is 0 Å². The van der Waals surface area contributed by atoms with Gasteiger partial charge in [0.1, 0.15) is 5.58 Å². The molecular weight excluding hydrogens is 248 g/mol. The first-order valence-electron chi connectivity index (χ1n) is 6.17. The molecule has 0 spiro atoms. The number of rotatable bonds is 4. The summed E-state index contributed by atoms with van der Waals surface area (Å²) in [5.41, 5.74) is 1.57. The molecule has 1 aliphatic heterocycles. The lowest BCUT2D eigenvalue weighted by Crippen LogP contribution is -2.11. The maximum atomic E-state index is 10.8. The van der Waals surface area contributed by atoms with Crippen LogP contribution in [0.1, 0.15) is 22.5 Å². The SMILES string of the molecule is O=C(O)c1cc2cc(COC3CCOC3)ccc2o1. The Morgan fingerprint density at radius 3 is 3.05 bits per heavy atom. The van der Waals surface area contributed by atoms with Crippen molar-refractivity contribution < 1.29 is 23.8 Å². The second-order valence-electron chi connectivity index (χ2n) is 4.58. The first-order chi connectivity index (χ1) is 9.22. The number of hydrogen-bond donors (Lipinski definition) is 1. The van der Waals surface area contributed by atoms with Gasteiger partial charge in [-0.3, -0.25) is 0 Å². The maximum absolute atomic E-state index is 10.8. The molecule has 1 N–H and O–H groups in total. The fourth-order valence-corrected chi connectivity index (χ4v) is 2.15. The molecule has 0 bridgehead atoms. The summed E-state index contributed by atoms with van der Waals surface area (Å²) in [4.78, 5) is 10.8. The molecule has 19 heavy (non-hydrogen) atoms. The lowest BCUT2D eigenvalue weighted by atomic mass is 10.1. The van der Waals surface area contributed by atoms with E-state index in [9.17, 15) is 4.79 Å². The third kappa shape index (κ3) is 2.62. The number of benzene rings is 1. The fourth-order valence-electron chi connectivity index (χ4n) is 2.15. The van der Waals surface area contributed by atoms with E-state index in [-0.39, 0.29) is 11.9 Å². The number of carbonyl (C=O) groups is 1. The van der Waals surface area contributed by atoms with Crippen molar-refractivity contribution in [2.24, 2.45) is 0 Å². The average molecular weight is 262 g/mol. The van der Waals surface area contributed by atoms with Crippen molar-refractivity contribution in [2.75, 3.05) is 13.2 Å². The van der Waals surface area contributed by atoms with E-state index in [0.29, 0.717) is 18.8 Å². The van der Waals surface area contributed by atoms with Crippen LogP contribution in [0, 0.1) is 0 Å². The van der Waals surface area contributed by atoms with Crippen LogP contribution in [0.15, 0.2) is 28.7 Å². The molecule has 5 heteroatoms. The van der Waals surface area contributed by atoms with Crippen LogP contribution in [0.5, 0.6) is 0 Å². The molecule has 2 heterocycles. The third-order valence-corrected chi connectivity index (χ3v) is 3.17. The molecule has 5 nitrogen and oxygen atoms in total. The molecule has 0 radical (unpaired) electrons. The maximum Gasteiger partial charge on any atom is 0.371 e. The fraction of sp³-hybridized carbons (Fsp3) is 0.357. The van der Waals surface area contributed by atoms with Crippen LogP contribution in [0.4, 0.5) is 0 Å². The van der Waals surface area contributed by atoms with Crippen molar-refractivity contribution in [3.05, 3.63) is 35.6 Å². The zero-order chi connectivity index (χ0) is 13.2. The number of carboxylic acid groups (broad SMARTS) is 1. The lowest BCUT2D eigenvalue weighted by molar-refractivity contribution is 0.0318. The minimum absolute atomic E-state index is 0.0442. The quantitative estimate of drug-likeness (QED) is 0.916. The molecule has 2 aromatic rings. The molecule has 1 aliphatic rings. The van der Waals surface area contributed by atoms with Crippen LogP contribution in [0.3, 0.4) is 0 Å². The minimum Gasteiger partial charge on any atom is -0.475 e. The van der Waals surface area contributed by atoms with Crippen LogP contribution in [0.2, 0.25) is 0 Å². The van der Waals surface area contributed by atoms with E-state index in [4.69, 9.17) is 19.0 Å². The Morgan fingerprint density at radius 1 is 1.42 bits per heavy atom. The standard InChI is InChI=1S/C14H14O5/c15-14(16)13-6-10-5-9(1-2-12(10)19-13)7-18-11-3-4-17-8-11/h1-2,5-6,11H,3-4,7-8H2,(H,15,16). The highest BCUT2D eigenvalue weighted by atomic mass is 16.5. The predicted octanol–water partition coefficient (Wildman–Crippen LogP) is 2.44. The largest absolute Gasteiger partial charge is 0.475 e. The van der Waals surface area contributed by atoms with Crippen molar-refractivity contribution in [1.82, 2.24) is 0 Å². The number of carboxylic acids is 1. The van der Waals surface area contributed by atoms with Crippen LogP contribution in [-0.4, -0.2) is 30.4 Å². The number of furan rings is 1. The first-order valence-corrected chi connectivity index (χ1v) is 6.17. The molecule has 1 atom stereocenters. The topological polar surface area (TPSA) is 68.9 Å². The van der Waals surface area contributed by atoms with Gasteiger partial charge in [-0.1, -0.05) is 6.07 Å². The van der Waals surface area contributed by atoms with E-state index in [1.807, 2.05) is 12.1 Å². The van der Waals surface area contributed by atoms with Gasteiger partial charge in [-0.15, -0.1) is 0 Å². The van der Waals surface area contributed by atoms with Crippen LogP contribution >= 0.6 is 0 Å². The summed E-state index contributed by atoms with van der Waals surface area (Å²) < 4.78 is 16.2. The lowest BCUT2D eigenvalue weighted by Gasteiger charge is -2.09. The van der Waals surface area contributed by atoms with Gasteiger partial charge in [0.2, 0.25) is 5.76 Å². The highest BCUT2D eigenvalue weighted by Gasteiger charge is 2.16. The monoisotopic (exact) mass is 262 g/mol. The molecule has 1 fully saturated rings. The molecule has 0 saturated carbocycles. The van der Waals surface area contributed by atoms with Gasteiger partial charge in [-0.2, -0.15) is 0 Å². The van der Waals surface area contributed by atoms with Crippen LogP contribution in [0.25, 0.3) is 11.0 Å². The summed E-state index contributed by atoms with van der Waals surface area (Å²) >= 11 is 0. The smallest absolute Gasteiger partial charge is 0.371 e. The van der Waals surface area contributed by atoms with Crippen LogP contribution < -0.4 is 0 Å². The number of hydrogen-bond acceptors (Lipinski definition) is 4. The Kier molecular flexibility index (Phi) is 3.23. The minimum atomic E-state index is -1.06. The van der Waals surface area contributed by atoms with Crippen molar-refractivity contribution in [1.29, 1.82) is 0 Å². The van der Waals surface area contributed by atoms with Crippen molar-refractivity contribution in [2.45, 2.75) is 19.1 Å². The van der Waals surface area contributed by atoms with E-state index >= 15 is 0 Å². The Bertz CT molecular complexity index is 595. The van der Waals surface area contributed by atoms with Gasteiger partial charge in [0.25, 0.3) is 0 Å². The Balaban J connectivity index is 1.74. The Labute approximate surface area is 109 Å². The number of ether oxygens (including phenoxy) is 2. The number of aromatic carboxylic acids is 1. The van der Waals surface area contributed by atoms with Gasteiger partial charge < -0.3 is 19.0 Å². The summed E-state index contributed by atoms with van der Waals surface area (Å²) in [7, 11) is 0. The summed E-state index contributed by atoms with van der Waals surface area (Å²) in [6.45, 7) is 1.90. The normalized spacial score (nSPS) is 19.1. The predicted molar refractivity (Wildman–Crippen MR) is 67.2 cm³/mol. The summed E-state index contributed by atoms with van der Waals surface area (Å²) in [5, 5.41) is 9.65. The zero-order valence-corrected chi connectivity index (χ0v) is 10.3. The molecular formula is C14H14O5. The van der Waals surface area contributed by atoms with Gasteiger partial charge in [0.05, 0.1) is 19.3 Å². The van der Waals surface area contributed by atoms with E-state index in [1.54, 1.807) is 6.07 Å². The van der Waals surface area contributed by atoms with E-state index in [1.165, 1.54) is 6.07 Å². The van der Waals surface area contributed by atoms with Gasteiger partial charge in [-0.05, 0) is 30.2 Å². The molecule has 100 valence electrons. The molecule has 1 unspecified atom stereocenters. The molecule has 0 aliphatic carbocycles. The first kappa shape index (κ1) is 12.2. The van der Waals surface area contributed by atoms with Crippen LogP contribution in [-0.2, 0) is 16.1 Å². The molecule has 0 amide bonds. The third-order valence-electron chi connectivity index (χ3n) is 3.17. The second-order valence-corrected chi connectivity index (χ2v) is 4.58. The van der Waals surface area contributed by atoms with E-state index < -0.39 is 5.97 Å². The van der Waals surface area contributed by atoms with Gasteiger partial charge in [0.15, 0.2) is 0 Å². The summed E-state index contributed by atoms with van der Waals surface area (Å²) in [6, 6.07) is 7.07. The second kappa shape index (κ2) is 5.03. The summed E-state index contributed by atoms with van der Waals surface area (Å²) in [6.07, 6.45) is 1.09. The van der Waals surface area contributed by atoms with Gasteiger partial charge in [-0.25, -0.2) is 4.79 Å². The van der Waals surface area contributed by atoms with Crippen molar-refractivity contribution >= 4 is 16.9 Å². The molecule has 1 aromatic heterocycles. The average Bonchev–Trinajstić information content (AvgIpc) is 3.04. The molecule has 1 aromatic carbocycles. The highest BCUT2D eigenvalue weighted by molar-refractivity contribution is 5.91. The van der Waals surface area contributed by atoms with E-state index in [2.05, 4.69) is 0 Å². The Morgan fingerprint density at radius 2 is 2.32 bits per heavy atom. The summed E-state index contributed by atoms with van der Waals surface area (Å²) in [5.74, 6) is -1.10. The van der Waals surface area contributed by atoms with Gasteiger partial charge >= 0.3 is 5.97 Å². The van der Waals surface area contributed by atoms with Crippen molar-refractivity contribution in [3.63, 3.8) is 0 Å². The molecule has 3 rings (SSSR count).